The maximum absolute atomic E-state index is 12.5. The molecule has 2 aliphatic rings. The number of nitrogens with zero attached hydrogens (tertiary/aromatic N) is 2. The van der Waals surface area contributed by atoms with E-state index in [9.17, 15) is 9.59 Å². The second-order valence-corrected chi connectivity index (χ2v) is 7.21. The van der Waals surface area contributed by atoms with Gasteiger partial charge in [0.05, 0.1) is 6.61 Å². The lowest BCUT2D eigenvalue weighted by Gasteiger charge is -2.30. The molecule has 1 fully saturated rings. The van der Waals surface area contributed by atoms with Crippen LogP contribution in [-0.4, -0.2) is 41.6 Å². The lowest BCUT2D eigenvalue weighted by molar-refractivity contribution is -0.130. The number of hydrogen-bond acceptors (Lipinski definition) is 5. The van der Waals surface area contributed by atoms with Gasteiger partial charge in [-0.05, 0) is 49.1 Å². The largest absolute Gasteiger partial charge is 0.493 e. The van der Waals surface area contributed by atoms with Crippen molar-refractivity contribution in [1.29, 1.82) is 0 Å². The molecule has 0 bridgehead atoms. The van der Waals surface area contributed by atoms with Gasteiger partial charge in [-0.3, -0.25) is 9.59 Å². The van der Waals surface area contributed by atoms with Crippen LogP contribution in [0.15, 0.2) is 34.9 Å². The van der Waals surface area contributed by atoms with Crippen molar-refractivity contribution in [2.24, 2.45) is 5.92 Å². The van der Waals surface area contributed by atoms with Crippen LogP contribution in [-0.2, 0) is 16.0 Å². The number of anilines is 1. The molecule has 1 aromatic heterocycles. The maximum Gasteiger partial charge on any atom is 0.246 e. The highest BCUT2D eigenvalue weighted by Crippen LogP contribution is 2.26. The Labute approximate surface area is 163 Å². The molecule has 7 heteroatoms. The molecule has 1 saturated heterocycles. The molecule has 146 valence electrons. The predicted octanol–water partition coefficient (Wildman–Crippen LogP) is 2.81. The lowest BCUT2D eigenvalue weighted by atomic mass is 9.96. The van der Waals surface area contributed by atoms with E-state index in [2.05, 4.69) is 16.5 Å². The number of benzene rings is 1. The summed E-state index contributed by atoms with van der Waals surface area (Å²) in [6.07, 6.45) is 5.63. The number of aromatic nitrogens is 1. The highest BCUT2D eigenvalue weighted by molar-refractivity contribution is 5.93. The summed E-state index contributed by atoms with van der Waals surface area (Å²) < 4.78 is 10.5. The van der Waals surface area contributed by atoms with E-state index in [1.54, 1.807) is 24.0 Å². The standard InChI is InChI=1S/C21H23N3O4/c1-14-12-19(23-28-14)22-21(26)16-6-9-24(10-7-16)20(25)5-3-15-2-4-18-17(13-15)8-11-27-18/h2-5,12-13,16H,6-11H2,1H3,(H,22,23,26)/b5-3+. The molecule has 0 radical (unpaired) electrons. The number of amides is 2. The summed E-state index contributed by atoms with van der Waals surface area (Å²) in [7, 11) is 0. The van der Waals surface area contributed by atoms with Gasteiger partial charge in [0.15, 0.2) is 5.82 Å². The van der Waals surface area contributed by atoms with Crippen molar-refractivity contribution < 1.29 is 18.8 Å². The van der Waals surface area contributed by atoms with E-state index < -0.39 is 0 Å². The summed E-state index contributed by atoms with van der Waals surface area (Å²) in [6, 6.07) is 7.66. The number of nitrogens with one attached hydrogen (secondary N) is 1. The minimum absolute atomic E-state index is 0.0252. The topological polar surface area (TPSA) is 84.7 Å². The molecule has 28 heavy (non-hydrogen) atoms. The van der Waals surface area contributed by atoms with Crippen molar-refractivity contribution in [2.45, 2.75) is 26.2 Å². The minimum Gasteiger partial charge on any atom is -0.493 e. The molecule has 0 unspecified atom stereocenters. The first-order chi connectivity index (χ1) is 13.6. The average Bonchev–Trinajstić information content (AvgIpc) is 3.34. The van der Waals surface area contributed by atoms with Crippen LogP contribution < -0.4 is 10.1 Å². The summed E-state index contributed by atoms with van der Waals surface area (Å²) in [4.78, 5) is 26.6. The van der Waals surface area contributed by atoms with Crippen molar-refractivity contribution in [3.05, 3.63) is 47.2 Å². The number of hydrogen-bond donors (Lipinski definition) is 1. The number of ether oxygens (including phenoxy) is 1. The summed E-state index contributed by atoms with van der Waals surface area (Å²) in [5.74, 6) is 1.80. The van der Waals surface area contributed by atoms with Gasteiger partial charge in [0, 0.05) is 37.6 Å². The van der Waals surface area contributed by atoms with E-state index in [1.165, 1.54) is 5.56 Å². The molecule has 2 aliphatic heterocycles. The van der Waals surface area contributed by atoms with Crippen molar-refractivity contribution in [3.63, 3.8) is 0 Å². The molecule has 4 rings (SSSR count). The smallest absolute Gasteiger partial charge is 0.246 e. The molecule has 1 N–H and O–H groups in total. The van der Waals surface area contributed by atoms with E-state index in [0.717, 1.165) is 24.3 Å². The fourth-order valence-electron chi connectivity index (χ4n) is 3.60. The fraction of sp³-hybridized carbons (Fsp3) is 0.381. The summed E-state index contributed by atoms with van der Waals surface area (Å²) >= 11 is 0. The van der Waals surface area contributed by atoms with Crippen LogP contribution in [0.5, 0.6) is 5.75 Å². The zero-order valence-corrected chi connectivity index (χ0v) is 15.8. The Hall–Kier alpha value is -3.09. The molecule has 0 atom stereocenters. The van der Waals surface area contributed by atoms with Crippen molar-refractivity contribution in [2.75, 3.05) is 25.0 Å². The Morgan fingerprint density at radius 2 is 2.07 bits per heavy atom. The van der Waals surface area contributed by atoms with Crippen LogP contribution in [0.25, 0.3) is 6.08 Å². The number of rotatable bonds is 4. The molecule has 7 nitrogen and oxygen atoms in total. The summed E-state index contributed by atoms with van der Waals surface area (Å²) in [5.41, 5.74) is 2.18. The quantitative estimate of drug-likeness (QED) is 0.824. The van der Waals surface area contributed by atoms with Crippen LogP contribution >= 0.6 is 0 Å². The molecule has 2 aromatic rings. The SMILES string of the molecule is Cc1cc(NC(=O)C2CCN(C(=O)/C=C/c3ccc4c(c3)CCO4)CC2)no1. The Morgan fingerprint density at radius 3 is 2.82 bits per heavy atom. The van der Waals surface area contributed by atoms with Gasteiger partial charge < -0.3 is 19.5 Å². The van der Waals surface area contributed by atoms with Crippen LogP contribution in [0, 0.1) is 12.8 Å². The third-order valence-corrected chi connectivity index (χ3v) is 5.19. The molecule has 1 aromatic carbocycles. The lowest BCUT2D eigenvalue weighted by Crippen LogP contribution is -2.40. The Bertz CT molecular complexity index is 910. The minimum atomic E-state index is -0.123. The van der Waals surface area contributed by atoms with Gasteiger partial charge in [0.1, 0.15) is 11.5 Å². The summed E-state index contributed by atoms with van der Waals surface area (Å²) in [6.45, 7) is 3.63. The van der Waals surface area contributed by atoms with E-state index >= 15 is 0 Å². The molecule has 3 heterocycles. The monoisotopic (exact) mass is 381 g/mol. The van der Waals surface area contributed by atoms with E-state index in [4.69, 9.17) is 9.26 Å². The molecular formula is C21H23N3O4. The molecule has 2 amide bonds. The fourth-order valence-corrected chi connectivity index (χ4v) is 3.60. The maximum atomic E-state index is 12.5. The van der Waals surface area contributed by atoms with Gasteiger partial charge in [-0.25, -0.2) is 0 Å². The van der Waals surface area contributed by atoms with Gasteiger partial charge in [-0.2, -0.15) is 0 Å². The number of likely N-dealkylation sites (tertiary alicyclic amines) is 1. The summed E-state index contributed by atoms with van der Waals surface area (Å²) in [5, 5.41) is 6.55. The number of carbonyl (C=O) groups is 2. The highest BCUT2D eigenvalue weighted by atomic mass is 16.5. The van der Waals surface area contributed by atoms with Gasteiger partial charge in [0.25, 0.3) is 0 Å². The van der Waals surface area contributed by atoms with Crippen LogP contribution in [0.3, 0.4) is 0 Å². The molecule has 0 spiro atoms. The van der Waals surface area contributed by atoms with E-state index in [0.29, 0.717) is 37.5 Å². The van der Waals surface area contributed by atoms with Crippen LogP contribution in [0.2, 0.25) is 0 Å². The van der Waals surface area contributed by atoms with Crippen LogP contribution in [0.4, 0.5) is 5.82 Å². The van der Waals surface area contributed by atoms with Gasteiger partial charge >= 0.3 is 0 Å². The second-order valence-electron chi connectivity index (χ2n) is 7.21. The zero-order chi connectivity index (χ0) is 19.5. The Morgan fingerprint density at radius 1 is 1.25 bits per heavy atom. The highest BCUT2D eigenvalue weighted by Gasteiger charge is 2.27. The van der Waals surface area contributed by atoms with Crippen molar-refractivity contribution in [1.82, 2.24) is 10.1 Å². The number of piperidine rings is 1. The first kappa shape index (κ1) is 18.3. The predicted molar refractivity (Wildman–Crippen MR) is 104 cm³/mol. The first-order valence-electron chi connectivity index (χ1n) is 9.55. The molecule has 0 saturated carbocycles. The average molecular weight is 381 g/mol. The normalized spacial score (nSPS) is 16.8. The second kappa shape index (κ2) is 7.88. The Kier molecular flexibility index (Phi) is 5.14. The zero-order valence-electron chi connectivity index (χ0n) is 15.8. The van der Waals surface area contributed by atoms with Gasteiger partial charge in [-0.15, -0.1) is 0 Å². The number of fused-ring (bicyclic) bond motifs is 1. The van der Waals surface area contributed by atoms with Crippen molar-refractivity contribution in [3.8, 4) is 5.75 Å². The van der Waals surface area contributed by atoms with Crippen molar-refractivity contribution >= 4 is 23.7 Å². The number of aryl methyl sites for hydroxylation is 1. The molecular weight excluding hydrogens is 358 g/mol. The van der Waals surface area contributed by atoms with Gasteiger partial charge in [-0.1, -0.05) is 11.2 Å². The third kappa shape index (κ3) is 4.08. The van der Waals surface area contributed by atoms with E-state index in [-0.39, 0.29) is 17.7 Å². The van der Waals surface area contributed by atoms with Crippen LogP contribution in [0.1, 0.15) is 29.7 Å². The Balaban J connectivity index is 1.28. The van der Waals surface area contributed by atoms with Gasteiger partial charge in [0.2, 0.25) is 11.8 Å². The third-order valence-electron chi connectivity index (χ3n) is 5.19. The molecule has 0 aliphatic carbocycles. The van der Waals surface area contributed by atoms with E-state index in [1.807, 2.05) is 18.2 Å². The number of carbonyl (C=O) groups excluding carboxylic acids is 2. The first-order valence-corrected chi connectivity index (χ1v) is 9.55.